The van der Waals surface area contributed by atoms with Gasteiger partial charge >= 0.3 is 243 Å². The molecule has 0 atom stereocenters. The Morgan fingerprint density at radius 1 is 0.205 bits per heavy atom. The van der Waals surface area contributed by atoms with Crippen molar-refractivity contribution in [2.24, 2.45) is 0 Å². The fourth-order valence-corrected chi connectivity index (χ4v) is 19.3. The van der Waals surface area contributed by atoms with Gasteiger partial charge in [0.2, 0.25) is 0 Å². The molecular formula is C36H30CdSn2. The minimum atomic E-state index is -1.98. The van der Waals surface area contributed by atoms with Gasteiger partial charge in [-0.2, -0.15) is 0 Å². The molecule has 0 aliphatic rings. The first-order valence-corrected chi connectivity index (χ1v) is 21.5. The van der Waals surface area contributed by atoms with Crippen molar-refractivity contribution in [2.75, 3.05) is 0 Å². The second-order valence-electron chi connectivity index (χ2n) is 8.95. The predicted molar refractivity (Wildman–Crippen MR) is 168 cm³/mol. The Labute approximate surface area is 267 Å². The molecule has 0 aliphatic carbocycles. The average molecular weight is 812 g/mol. The van der Waals surface area contributed by atoms with Crippen molar-refractivity contribution in [2.45, 2.75) is 0 Å². The van der Waals surface area contributed by atoms with Gasteiger partial charge in [0.15, 0.2) is 0 Å². The van der Waals surface area contributed by atoms with E-state index in [2.05, 4.69) is 182 Å². The summed E-state index contributed by atoms with van der Waals surface area (Å²) in [5.41, 5.74) is 0. The summed E-state index contributed by atoms with van der Waals surface area (Å²) >= 11 is -3.96. The van der Waals surface area contributed by atoms with Crippen LogP contribution in [0.3, 0.4) is 0 Å². The number of hydrogen-bond acceptors (Lipinski definition) is 0. The molecule has 184 valence electrons. The summed E-state index contributed by atoms with van der Waals surface area (Å²) in [7, 11) is 0. The number of rotatable bonds is 6. The Kier molecular flexibility index (Phi) is 12.4. The summed E-state index contributed by atoms with van der Waals surface area (Å²) in [6.45, 7) is 0. The summed E-state index contributed by atoms with van der Waals surface area (Å²) in [5, 5.41) is 0. The molecular weight excluding hydrogens is 782 g/mol. The van der Waals surface area contributed by atoms with E-state index >= 15 is 0 Å². The van der Waals surface area contributed by atoms with Crippen LogP contribution in [-0.4, -0.2) is 39.5 Å². The van der Waals surface area contributed by atoms with Crippen LogP contribution in [0.5, 0.6) is 0 Å². The van der Waals surface area contributed by atoms with Gasteiger partial charge in [0.1, 0.15) is 0 Å². The van der Waals surface area contributed by atoms with Crippen molar-refractivity contribution < 1.29 is 27.3 Å². The van der Waals surface area contributed by atoms with Gasteiger partial charge in [-0.25, -0.2) is 0 Å². The van der Waals surface area contributed by atoms with Gasteiger partial charge in [-0.1, -0.05) is 0 Å². The SMILES string of the molecule is [Cd].c1cc[c]([Sn]([c]2ccccc2)[c]2ccccc2)cc1.c1cc[c]([Sn]([c]2ccccc2)[c]2ccccc2)cc1. The molecule has 0 amide bonds. The molecule has 6 aromatic rings. The third kappa shape index (κ3) is 8.41. The molecule has 0 spiro atoms. The fraction of sp³-hybridized carbons (Fsp3) is 0. The van der Waals surface area contributed by atoms with E-state index < -0.39 is 39.5 Å². The molecule has 6 rings (SSSR count). The zero-order valence-electron chi connectivity index (χ0n) is 22.0. The van der Waals surface area contributed by atoms with E-state index in [1.54, 1.807) is 0 Å². The molecule has 0 bridgehead atoms. The Morgan fingerprint density at radius 3 is 0.462 bits per heavy atom. The number of benzene rings is 6. The van der Waals surface area contributed by atoms with Gasteiger partial charge in [0, 0.05) is 27.3 Å². The molecule has 2 radical (unpaired) electrons. The van der Waals surface area contributed by atoms with Gasteiger partial charge in [0.05, 0.1) is 0 Å². The monoisotopic (exact) mass is 816 g/mol. The van der Waals surface area contributed by atoms with Crippen molar-refractivity contribution >= 4 is 61.0 Å². The molecule has 0 unspecified atom stereocenters. The van der Waals surface area contributed by atoms with Crippen LogP contribution in [0.4, 0.5) is 0 Å². The zero-order valence-corrected chi connectivity index (χ0v) is 31.8. The molecule has 3 heteroatoms. The van der Waals surface area contributed by atoms with E-state index in [1.807, 2.05) is 0 Å². The van der Waals surface area contributed by atoms with Crippen LogP contribution in [0.2, 0.25) is 0 Å². The molecule has 0 saturated carbocycles. The maximum atomic E-state index is 2.29. The van der Waals surface area contributed by atoms with Crippen molar-refractivity contribution in [3.05, 3.63) is 182 Å². The van der Waals surface area contributed by atoms with Crippen molar-refractivity contribution in [1.29, 1.82) is 0 Å². The van der Waals surface area contributed by atoms with Crippen LogP contribution >= 0.6 is 0 Å². The van der Waals surface area contributed by atoms with Crippen molar-refractivity contribution in [3.8, 4) is 0 Å². The molecule has 0 N–H and O–H groups in total. The molecule has 0 saturated heterocycles. The van der Waals surface area contributed by atoms with Gasteiger partial charge in [0.25, 0.3) is 0 Å². The van der Waals surface area contributed by atoms with Crippen LogP contribution in [0.15, 0.2) is 182 Å². The summed E-state index contributed by atoms with van der Waals surface area (Å²) in [6, 6.07) is 65.9. The summed E-state index contributed by atoms with van der Waals surface area (Å²) in [6.07, 6.45) is 0. The maximum absolute atomic E-state index is 2.29. The van der Waals surface area contributed by atoms with Crippen molar-refractivity contribution in [1.82, 2.24) is 0 Å². The van der Waals surface area contributed by atoms with Crippen LogP contribution in [-0.2, 0) is 27.3 Å². The summed E-state index contributed by atoms with van der Waals surface area (Å²) in [5.74, 6) is 0. The first-order valence-electron chi connectivity index (χ1n) is 13.0. The predicted octanol–water partition coefficient (Wildman–Crippen LogP) is 4.40. The van der Waals surface area contributed by atoms with E-state index in [1.165, 1.54) is 21.5 Å². The first-order chi connectivity index (χ1) is 18.9. The van der Waals surface area contributed by atoms with E-state index in [0.29, 0.717) is 0 Å². The molecule has 0 heterocycles. The molecule has 0 aromatic heterocycles. The Bertz CT molecular complexity index is 1170. The molecule has 6 aromatic carbocycles. The van der Waals surface area contributed by atoms with E-state index in [0.717, 1.165) is 0 Å². The Hall–Kier alpha value is -2.16. The molecule has 39 heavy (non-hydrogen) atoms. The molecule has 0 fully saturated rings. The van der Waals surface area contributed by atoms with E-state index in [4.69, 9.17) is 0 Å². The fourth-order valence-electron chi connectivity index (χ4n) is 4.63. The van der Waals surface area contributed by atoms with Crippen molar-refractivity contribution in [3.63, 3.8) is 0 Å². The normalized spacial score (nSPS) is 10.3. The van der Waals surface area contributed by atoms with Gasteiger partial charge in [-0.3, -0.25) is 0 Å². The average Bonchev–Trinajstić information content (AvgIpc) is 3.01. The third-order valence-electron chi connectivity index (χ3n) is 6.37. The quantitative estimate of drug-likeness (QED) is 0.219. The first kappa shape index (κ1) is 29.8. The van der Waals surface area contributed by atoms with E-state index in [9.17, 15) is 0 Å². The van der Waals surface area contributed by atoms with Crippen LogP contribution in [0.1, 0.15) is 0 Å². The zero-order chi connectivity index (χ0) is 25.8. The Balaban J connectivity index is 0.000000176. The second-order valence-corrected chi connectivity index (χ2v) is 23.1. The van der Waals surface area contributed by atoms with Gasteiger partial charge in [-0.05, 0) is 0 Å². The summed E-state index contributed by atoms with van der Waals surface area (Å²) < 4.78 is 9.18. The van der Waals surface area contributed by atoms with Gasteiger partial charge in [-0.15, -0.1) is 0 Å². The molecule has 0 nitrogen and oxygen atoms in total. The third-order valence-corrected chi connectivity index (χ3v) is 22.0. The topological polar surface area (TPSA) is 0 Å². The summed E-state index contributed by atoms with van der Waals surface area (Å²) in [4.78, 5) is 0. The second kappa shape index (κ2) is 16.2. The van der Waals surface area contributed by atoms with Crippen LogP contribution in [0, 0.1) is 0 Å². The Morgan fingerprint density at radius 2 is 0.333 bits per heavy atom. The van der Waals surface area contributed by atoms with Crippen LogP contribution < -0.4 is 21.5 Å². The van der Waals surface area contributed by atoms with Gasteiger partial charge < -0.3 is 0 Å². The standard InChI is InChI=1S/6C6H5.Cd.2Sn/c6*1-2-4-6-5-3-1;;;/h6*1-5H;;;. The van der Waals surface area contributed by atoms with Crippen LogP contribution in [0.25, 0.3) is 0 Å². The minimum absolute atomic E-state index is 0. The number of hydrogen-bond donors (Lipinski definition) is 0. The van der Waals surface area contributed by atoms with E-state index in [-0.39, 0.29) is 27.3 Å². The molecule has 0 aliphatic heterocycles.